The van der Waals surface area contributed by atoms with E-state index in [4.69, 9.17) is 10.5 Å². The summed E-state index contributed by atoms with van der Waals surface area (Å²) in [5, 5.41) is 0. The minimum absolute atomic E-state index is 0.506. The Bertz CT molecular complexity index is 1730. The van der Waals surface area contributed by atoms with E-state index in [0.29, 0.717) is 11.6 Å². The van der Waals surface area contributed by atoms with Crippen LogP contribution < -0.4 is 10.5 Å². The molecule has 0 unspecified atom stereocenters. The van der Waals surface area contributed by atoms with E-state index >= 15 is 0 Å². The molecule has 0 saturated heterocycles. The summed E-state index contributed by atoms with van der Waals surface area (Å²) in [4.78, 5) is 7.46. The number of hydrogen-bond acceptors (Lipinski definition) is 8. The molecule has 8 heteroatoms. The zero-order valence-electron chi connectivity index (χ0n) is 29.9. The summed E-state index contributed by atoms with van der Waals surface area (Å²) in [7, 11) is 0. The molecular weight excluding hydrogens is 751 g/mol. The fourth-order valence-electron chi connectivity index (χ4n) is 5.66. The molecule has 2 N–H and O–H groups in total. The SMILES string of the molecule is Nc1cc(CSc2ccc(Sc3ccc(CCCCCCS)cc3)cc2)ccc1OCSc1ccc(Sc2ccc(CCCCCCS)cc2)cc1. The highest BCUT2D eigenvalue weighted by Crippen LogP contribution is 2.33. The Morgan fingerprint density at radius 2 is 0.846 bits per heavy atom. The molecule has 5 aromatic rings. The van der Waals surface area contributed by atoms with Crippen molar-refractivity contribution in [1.82, 2.24) is 0 Å². The van der Waals surface area contributed by atoms with Gasteiger partial charge in [0.15, 0.2) is 0 Å². The molecule has 0 saturated carbocycles. The van der Waals surface area contributed by atoms with Crippen LogP contribution in [0.2, 0.25) is 0 Å². The molecule has 0 fully saturated rings. The van der Waals surface area contributed by atoms with Crippen LogP contribution in [-0.2, 0) is 18.6 Å². The minimum Gasteiger partial charge on any atom is -0.480 e. The van der Waals surface area contributed by atoms with Gasteiger partial charge in [0.1, 0.15) is 11.7 Å². The molecule has 0 radical (unpaired) electrons. The lowest BCUT2D eigenvalue weighted by Gasteiger charge is -2.11. The van der Waals surface area contributed by atoms with Crippen molar-refractivity contribution in [2.24, 2.45) is 0 Å². The van der Waals surface area contributed by atoms with Crippen molar-refractivity contribution in [3.05, 3.63) is 132 Å². The molecule has 52 heavy (non-hydrogen) atoms. The third kappa shape index (κ3) is 14.9. The van der Waals surface area contributed by atoms with Crippen molar-refractivity contribution >= 4 is 78.0 Å². The van der Waals surface area contributed by atoms with Crippen molar-refractivity contribution in [3.8, 4) is 5.75 Å². The largest absolute Gasteiger partial charge is 0.480 e. The van der Waals surface area contributed by atoms with Crippen LogP contribution in [0.1, 0.15) is 68.1 Å². The van der Waals surface area contributed by atoms with Crippen LogP contribution >= 0.6 is 72.3 Å². The zero-order valence-corrected chi connectivity index (χ0v) is 34.9. The highest BCUT2D eigenvalue weighted by Gasteiger charge is 2.06. The van der Waals surface area contributed by atoms with Crippen LogP contribution in [-0.4, -0.2) is 17.4 Å². The lowest BCUT2D eigenvalue weighted by atomic mass is 10.1. The molecule has 0 aliphatic heterocycles. The number of aryl methyl sites for hydroxylation is 2. The van der Waals surface area contributed by atoms with Gasteiger partial charge < -0.3 is 10.5 Å². The van der Waals surface area contributed by atoms with Crippen LogP contribution in [0.4, 0.5) is 5.69 Å². The second kappa shape index (κ2) is 23.6. The third-order valence-electron chi connectivity index (χ3n) is 8.63. The predicted molar refractivity (Wildman–Crippen MR) is 238 cm³/mol. The molecule has 0 aliphatic carbocycles. The first-order valence-electron chi connectivity index (χ1n) is 18.3. The molecule has 0 aromatic heterocycles. The second-order valence-electron chi connectivity index (χ2n) is 12.8. The van der Waals surface area contributed by atoms with Gasteiger partial charge in [0.25, 0.3) is 0 Å². The molecule has 5 aromatic carbocycles. The number of rotatable bonds is 23. The van der Waals surface area contributed by atoms with Gasteiger partial charge in [-0.3, -0.25) is 0 Å². The minimum atomic E-state index is 0.506. The Kier molecular flexibility index (Phi) is 18.6. The number of thioether (sulfide) groups is 2. The fraction of sp³-hybridized carbons (Fsp3) is 0.318. The van der Waals surface area contributed by atoms with E-state index in [0.717, 1.165) is 35.8 Å². The molecular formula is C44H51NOS6. The number of ether oxygens (including phenoxy) is 1. The summed E-state index contributed by atoms with van der Waals surface area (Å²) in [6.45, 7) is 0. The Labute approximate surface area is 340 Å². The van der Waals surface area contributed by atoms with E-state index in [-0.39, 0.29) is 0 Å². The number of benzene rings is 5. The van der Waals surface area contributed by atoms with Crippen LogP contribution in [0, 0.1) is 0 Å². The van der Waals surface area contributed by atoms with E-state index in [1.165, 1.54) is 97.4 Å². The lowest BCUT2D eigenvalue weighted by Crippen LogP contribution is -1.98. The molecule has 0 amide bonds. The summed E-state index contributed by atoms with van der Waals surface area (Å²) in [5.74, 6) is 4.08. The van der Waals surface area contributed by atoms with Crippen LogP contribution in [0.25, 0.3) is 0 Å². The second-order valence-corrected chi connectivity index (χ2v) is 18.0. The molecule has 0 atom stereocenters. The average Bonchev–Trinajstić information content (AvgIpc) is 3.17. The Morgan fingerprint density at radius 1 is 0.442 bits per heavy atom. The summed E-state index contributed by atoms with van der Waals surface area (Å²) in [5.41, 5.74) is 11.1. The van der Waals surface area contributed by atoms with E-state index in [2.05, 4.69) is 128 Å². The summed E-state index contributed by atoms with van der Waals surface area (Å²) >= 11 is 15.7. The number of nitrogen functional groups attached to an aromatic ring is 1. The van der Waals surface area contributed by atoms with Gasteiger partial charge in [-0.05, 0) is 152 Å². The fourth-order valence-corrected chi connectivity index (χ4v) is 9.24. The van der Waals surface area contributed by atoms with Gasteiger partial charge >= 0.3 is 0 Å². The lowest BCUT2D eigenvalue weighted by molar-refractivity contribution is 0.395. The highest BCUT2D eigenvalue weighted by molar-refractivity contribution is 8.00. The molecule has 0 bridgehead atoms. The first-order valence-corrected chi connectivity index (χ1v) is 23.2. The zero-order chi connectivity index (χ0) is 36.2. The smallest absolute Gasteiger partial charge is 0.143 e. The topological polar surface area (TPSA) is 35.2 Å². The maximum atomic E-state index is 6.40. The molecule has 2 nitrogen and oxygen atoms in total. The van der Waals surface area contributed by atoms with E-state index in [9.17, 15) is 0 Å². The van der Waals surface area contributed by atoms with E-state index in [1.807, 2.05) is 35.7 Å². The number of unbranched alkanes of at least 4 members (excludes halogenated alkanes) is 6. The van der Waals surface area contributed by atoms with Gasteiger partial charge in [-0.15, -0.1) is 11.8 Å². The standard InChI is InChI=1S/C44H51NOS6/c45-43-31-36(32-49-37-20-24-41(25-21-37)51-39-16-11-34(12-17-39)9-5-1-3-7-29-47)15-28-44(43)46-33-50-38-22-26-42(27-23-38)52-40-18-13-35(14-19-40)10-6-2-4-8-30-48/h11-28,31,47-48H,1-10,29-30,32-33,45H2. The van der Waals surface area contributed by atoms with Crippen molar-refractivity contribution in [2.45, 2.75) is 99.3 Å². The monoisotopic (exact) mass is 801 g/mol. The highest BCUT2D eigenvalue weighted by atomic mass is 32.2. The first-order chi connectivity index (χ1) is 25.6. The van der Waals surface area contributed by atoms with E-state index in [1.54, 1.807) is 23.5 Å². The summed E-state index contributed by atoms with van der Waals surface area (Å²) in [6, 6.07) is 41.8. The molecule has 0 spiro atoms. The Balaban J connectivity index is 0.989. The number of thiol groups is 2. The molecule has 0 aliphatic rings. The first kappa shape index (κ1) is 41.0. The average molecular weight is 802 g/mol. The number of hydrogen-bond donors (Lipinski definition) is 3. The Hall–Kier alpha value is -2.20. The van der Waals surface area contributed by atoms with Crippen molar-refractivity contribution in [1.29, 1.82) is 0 Å². The molecule has 274 valence electrons. The van der Waals surface area contributed by atoms with Crippen molar-refractivity contribution < 1.29 is 4.74 Å². The number of nitrogens with two attached hydrogens (primary N) is 1. The Morgan fingerprint density at radius 3 is 1.31 bits per heavy atom. The van der Waals surface area contributed by atoms with Gasteiger partial charge in [0.05, 0.1) is 5.69 Å². The summed E-state index contributed by atoms with van der Waals surface area (Å²) < 4.78 is 6.06. The summed E-state index contributed by atoms with van der Waals surface area (Å²) in [6.07, 6.45) is 12.4. The predicted octanol–water partition coefficient (Wildman–Crippen LogP) is 14.1. The molecule has 0 heterocycles. The van der Waals surface area contributed by atoms with E-state index < -0.39 is 0 Å². The van der Waals surface area contributed by atoms with Crippen LogP contribution in [0.15, 0.2) is 145 Å². The van der Waals surface area contributed by atoms with Crippen molar-refractivity contribution in [2.75, 3.05) is 23.2 Å². The van der Waals surface area contributed by atoms with Crippen LogP contribution in [0.3, 0.4) is 0 Å². The molecule has 5 rings (SSSR count). The maximum Gasteiger partial charge on any atom is 0.143 e. The van der Waals surface area contributed by atoms with Gasteiger partial charge in [-0.25, -0.2) is 0 Å². The van der Waals surface area contributed by atoms with Crippen molar-refractivity contribution in [3.63, 3.8) is 0 Å². The maximum absolute atomic E-state index is 6.40. The van der Waals surface area contributed by atoms with Gasteiger partial charge in [-0.2, -0.15) is 25.3 Å². The van der Waals surface area contributed by atoms with Crippen LogP contribution in [0.5, 0.6) is 5.75 Å². The van der Waals surface area contributed by atoms with Gasteiger partial charge in [-0.1, -0.05) is 91.3 Å². The van der Waals surface area contributed by atoms with Gasteiger partial charge in [0.2, 0.25) is 0 Å². The quantitative estimate of drug-likeness (QED) is 0.0201. The third-order valence-corrected chi connectivity index (χ3v) is 13.2. The number of anilines is 1. The normalized spacial score (nSPS) is 11.2. The van der Waals surface area contributed by atoms with Gasteiger partial charge in [0, 0.05) is 35.1 Å².